The molecule has 1 N–H and O–H groups in total. The molecule has 0 aliphatic heterocycles. The van der Waals surface area contributed by atoms with Crippen molar-refractivity contribution < 1.29 is 0 Å². The minimum absolute atomic E-state index is 0.196. The Bertz CT molecular complexity index is 464. The lowest BCUT2D eigenvalue weighted by atomic mass is 10.2. The van der Waals surface area contributed by atoms with Crippen molar-refractivity contribution in [1.82, 2.24) is 9.88 Å². The van der Waals surface area contributed by atoms with Crippen LogP contribution in [0.4, 0.5) is 0 Å². The molecule has 1 heterocycles. The first kappa shape index (κ1) is 12.1. The third kappa shape index (κ3) is 2.99. The summed E-state index contributed by atoms with van der Waals surface area (Å²) in [5.41, 5.74) is 0.836. The molecule has 16 heavy (non-hydrogen) atoms. The maximum absolute atomic E-state index is 11.1. The van der Waals surface area contributed by atoms with E-state index in [0.717, 1.165) is 13.1 Å². The van der Waals surface area contributed by atoms with Gasteiger partial charge in [-0.1, -0.05) is 0 Å². The van der Waals surface area contributed by atoms with Gasteiger partial charge in [0.1, 0.15) is 6.07 Å². The van der Waals surface area contributed by atoms with E-state index in [0.29, 0.717) is 11.3 Å². The summed E-state index contributed by atoms with van der Waals surface area (Å²) in [6, 6.07) is 4.93. The molecule has 0 radical (unpaired) electrons. The van der Waals surface area contributed by atoms with E-state index >= 15 is 0 Å². The molecule has 0 spiro atoms. The molecule has 84 valence electrons. The molecule has 1 rings (SSSR count). The van der Waals surface area contributed by atoms with Crippen molar-refractivity contribution in [3.63, 3.8) is 0 Å². The van der Waals surface area contributed by atoms with E-state index in [1.54, 1.807) is 6.08 Å². The molecule has 0 atom stereocenters. The fraction of sp³-hybridized carbons (Fsp3) is 0.333. The summed E-state index contributed by atoms with van der Waals surface area (Å²) in [6.45, 7) is 5.89. The number of nitrogens with zero attached hydrogens (tertiary/aromatic N) is 2. The van der Waals surface area contributed by atoms with Gasteiger partial charge < -0.3 is 9.88 Å². The van der Waals surface area contributed by atoms with E-state index in [-0.39, 0.29) is 5.56 Å². The molecule has 0 saturated heterocycles. The number of aromatic amines is 1. The topological polar surface area (TPSA) is 59.9 Å². The summed E-state index contributed by atoms with van der Waals surface area (Å²) >= 11 is 0. The molecule has 0 aliphatic rings. The molecule has 0 aromatic carbocycles. The Morgan fingerprint density at radius 2 is 2.12 bits per heavy atom. The lowest BCUT2D eigenvalue weighted by Gasteiger charge is -2.14. The SMILES string of the molecule is CCN(C=Cc1[nH]c(=O)ccc1C#N)CC. The highest BCUT2D eigenvalue weighted by Crippen LogP contribution is 2.04. The zero-order valence-corrected chi connectivity index (χ0v) is 9.53. The molecular weight excluding hydrogens is 202 g/mol. The number of nitriles is 1. The van der Waals surface area contributed by atoms with Gasteiger partial charge in [-0.3, -0.25) is 4.79 Å². The molecule has 1 aromatic heterocycles. The summed E-state index contributed by atoms with van der Waals surface area (Å²) in [5.74, 6) is 0. The number of aromatic nitrogens is 1. The van der Waals surface area contributed by atoms with E-state index in [1.807, 2.05) is 26.1 Å². The van der Waals surface area contributed by atoms with Crippen molar-refractivity contribution in [2.24, 2.45) is 0 Å². The second-order valence-corrected chi connectivity index (χ2v) is 3.30. The standard InChI is InChI=1S/C12H15N3O/c1-3-15(4-2)8-7-11-10(9-13)5-6-12(16)14-11/h5-8H,3-4H2,1-2H3,(H,14,16). The number of hydrogen-bond acceptors (Lipinski definition) is 3. The maximum atomic E-state index is 11.1. The van der Waals surface area contributed by atoms with Gasteiger partial charge in [-0.2, -0.15) is 5.26 Å². The van der Waals surface area contributed by atoms with Crippen LogP contribution in [0.15, 0.2) is 23.1 Å². The van der Waals surface area contributed by atoms with Gasteiger partial charge in [-0.05, 0) is 26.0 Å². The molecule has 4 nitrogen and oxygen atoms in total. The Balaban J connectivity index is 3.00. The average Bonchev–Trinajstić information content (AvgIpc) is 2.30. The first-order valence-electron chi connectivity index (χ1n) is 5.27. The van der Waals surface area contributed by atoms with E-state index in [9.17, 15) is 4.79 Å². The van der Waals surface area contributed by atoms with Crippen LogP contribution in [0.3, 0.4) is 0 Å². The van der Waals surface area contributed by atoms with Gasteiger partial charge in [0.2, 0.25) is 5.56 Å². The summed E-state index contributed by atoms with van der Waals surface area (Å²) in [7, 11) is 0. The second-order valence-electron chi connectivity index (χ2n) is 3.30. The monoisotopic (exact) mass is 217 g/mol. The van der Waals surface area contributed by atoms with Crippen LogP contribution in [0.5, 0.6) is 0 Å². The van der Waals surface area contributed by atoms with Crippen LogP contribution in [-0.4, -0.2) is 23.0 Å². The predicted molar refractivity (Wildman–Crippen MR) is 63.7 cm³/mol. The highest BCUT2D eigenvalue weighted by Gasteiger charge is 1.99. The third-order valence-corrected chi connectivity index (χ3v) is 2.33. The average molecular weight is 217 g/mol. The molecule has 0 fully saturated rings. The molecule has 0 saturated carbocycles. The zero-order valence-electron chi connectivity index (χ0n) is 9.53. The number of rotatable bonds is 4. The van der Waals surface area contributed by atoms with E-state index in [4.69, 9.17) is 5.26 Å². The van der Waals surface area contributed by atoms with Gasteiger partial charge in [0, 0.05) is 25.4 Å². The molecule has 0 amide bonds. The normalized spacial score (nSPS) is 10.3. The molecule has 1 aromatic rings. The highest BCUT2D eigenvalue weighted by atomic mass is 16.1. The number of hydrogen-bond donors (Lipinski definition) is 1. The fourth-order valence-corrected chi connectivity index (χ4v) is 1.33. The highest BCUT2D eigenvalue weighted by molar-refractivity contribution is 5.53. The summed E-state index contributed by atoms with van der Waals surface area (Å²) in [5, 5.41) is 8.87. The molecule has 4 heteroatoms. The number of H-pyrrole nitrogens is 1. The van der Waals surface area contributed by atoms with Gasteiger partial charge >= 0.3 is 0 Å². The lowest BCUT2D eigenvalue weighted by Crippen LogP contribution is -2.15. The van der Waals surface area contributed by atoms with Crippen molar-refractivity contribution in [2.45, 2.75) is 13.8 Å². The van der Waals surface area contributed by atoms with Gasteiger partial charge in [0.15, 0.2) is 0 Å². The van der Waals surface area contributed by atoms with E-state index in [1.165, 1.54) is 12.1 Å². The minimum atomic E-state index is -0.196. The fourth-order valence-electron chi connectivity index (χ4n) is 1.33. The predicted octanol–water partition coefficient (Wildman–Crippen LogP) is 1.56. The smallest absolute Gasteiger partial charge is 0.248 e. The van der Waals surface area contributed by atoms with E-state index < -0.39 is 0 Å². The molecular formula is C12H15N3O. The minimum Gasteiger partial charge on any atom is -0.378 e. The summed E-state index contributed by atoms with van der Waals surface area (Å²) in [6.07, 6.45) is 3.64. The summed E-state index contributed by atoms with van der Waals surface area (Å²) < 4.78 is 0. The van der Waals surface area contributed by atoms with Crippen LogP contribution < -0.4 is 5.56 Å². The Labute approximate surface area is 94.8 Å². The van der Waals surface area contributed by atoms with Crippen LogP contribution in [-0.2, 0) is 0 Å². The van der Waals surface area contributed by atoms with E-state index in [2.05, 4.69) is 9.88 Å². The zero-order chi connectivity index (χ0) is 12.0. The van der Waals surface area contributed by atoms with Gasteiger partial charge in [-0.15, -0.1) is 0 Å². The van der Waals surface area contributed by atoms with Crippen LogP contribution >= 0.6 is 0 Å². The Morgan fingerprint density at radius 3 is 2.69 bits per heavy atom. The van der Waals surface area contributed by atoms with Crippen molar-refractivity contribution in [3.8, 4) is 6.07 Å². The van der Waals surface area contributed by atoms with Crippen LogP contribution in [0.2, 0.25) is 0 Å². The van der Waals surface area contributed by atoms with Crippen LogP contribution in [0.1, 0.15) is 25.1 Å². The van der Waals surface area contributed by atoms with Crippen molar-refractivity contribution in [1.29, 1.82) is 5.26 Å². The molecule has 0 unspecified atom stereocenters. The maximum Gasteiger partial charge on any atom is 0.248 e. The largest absolute Gasteiger partial charge is 0.378 e. The van der Waals surface area contributed by atoms with Crippen molar-refractivity contribution >= 4 is 6.08 Å². The quantitative estimate of drug-likeness (QED) is 0.832. The van der Waals surface area contributed by atoms with Gasteiger partial charge in [-0.25, -0.2) is 0 Å². The summed E-state index contributed by atoms with van der Waals surface area (Å²) in [4.78, 5) is 15.8. The number of nitrogens with one attached hydrogen (secondary N) is 1. The first-order valence-corrected chi connectivity index (χ1v) is 5.27. The van der Waals surface area contributed by atoms with Crippen molar-refractivity contribution in [2.75, 3.05) is 13.1 Å². The van der Waals surface area contributed by atoms with Crippen LogP contribution in [0, 0.1) is 11.3 Å². The second kappa shape index (κ2) is 5.76. The van der Waals surface area contributed by atoms with Gasteiger partial charge in [0.05, 0.1) is 11.3 Å². The Hall–Kier alpha value is -2.02. The Kier molecular flexibility index (Phi) is 4.34. The molecule has 0 bridgehead atoms. The Morgan fingerprint density at radius 1 is 1.44 bits per heavy atom. The van der Waals surface area contributed by atoms with Crippen molar-refractivity contribution in [3.05, 3.63) is 39.9 Å². The number of pyridine rings is 1. The lowest BCUT2D eigenvalue weighted by molar-refractivity contribution is 0.421. The van der Waals surface area contributed by atoms with Crippen LogP contribution in [0.25, 0.3) is 6.08 Å². The third-order valence-electron chi connectivity index (χ3n) is 2.33. The molecule has 0 aliphatic carbocycles. The first-order chi connectivity index (χ1) is 7.71. The van der Waals surface area contributed by atoms with Gasteiger partial charge in [0.25, 0.3) is 0 Å².